The van der Waals surface area contributed by atoms with Crippen molar-refractivity contribution in [3.63, 3.8) is 0 Å². The van der Waals surface area contributed by atoms with Gasteiger partial charge in [-0.2, -0.15) is 0 Å². The Morgan fingerprint density at radius 2 is 1.65 bits per heavy atom. The number of aromatic carboxylic acids is 1. The first kappa shape index (κ1) is 20.4. The highest BCUT2D eigenvalue weighted by atomic mass is 16.4. The molecule has 1 amide bonds. The Morgan fingerprint density at radius 3 is 2.26 bits per heavy atom. The molecule has 0 saturated carbocycles. The zero-order valence-corrected chi connectivity index (χ0v) is 17.3. The summed E-state index contributed by atoms with van der Waals surface area (Å²) in [7, 11) is 0. The van der Waals surface area contributed by atoms with Gasteiger partial charge in [0.2, 0.25) is 0 Å². The topological polar surface area (TPSA) is 104 Å². The molecular weight excluding hydrogens is 390 g/mol. The number of hydrogen-bond acceptors (Lipinski definition) is 4. The maximum atomic E-state index is 12.9. The maximum absolute atomic E-state index is 12.9. The van der Waals surface area contributed by atoms with E-state index in [4.69, 9.17) is 5.73 Å². The summed E-state index contributed by atoms with van der Waals surface area (Å²) in [5, 5.41) is 15.4. The molecule has 1 aliphatic rings. The van der Waals surface area contributed by atoms with Gasteiger partial charge < -0.3 is 21.5 Å². The minimum Gasteiger partial charge on any atom is -0.478 e. The molecule has 5 N–H and O–H groups in total. The minimum absolute atomic E-state index is 0.120. The fraction of sp³-hybridized carbons (Fsp3) is 0.120. The van der Waals surface area contributed by atoms with Gasteiger partial charge in [-0.3, -0.25) is 4.79 Å². The summed E-state index contributed by atoms with van der Waals surface area (Å²) in [6.45, 7) is 3.88. The van der Waals surface area contributed by atoms with E-state index in [1.165, 1.54) is 12.1 Å². The number of nitrogens with two attached hydrogens (primary N) is 1. The van der Waals surface area contributed by atoms with Gasteiger partial charge >= 0.3 is 5.97 Å². The number of carbonyl (C=O) groups is 2. The molecule has 1 heterocycles. The second kappa shape index (κ2) is 7.74. The largest absolute Gasteiger partial charge is 0.478 e. The quantitative estimate of drug-likeness (QED) is 0.461. The van der Waals surface area contributed by atoms with Gasteiger partial charge in [0.25, 0.3) is 5.91 Å². The van der Waals surface area contributed by atoms with Crippen LogP contribution in [0.3, 0.4) is 0 Å². The van der Waals surface area contributed by atoms with E-state index in [-0.39, 0.29) is 11.5 Å². The highest BCUT2D eigenvalue weighted by Crippen LogP contribution is 2.38. The molecule has 4 rings (SSSR count). The molecule has 0 unspecified atom stereocenters. The van der Waals surface area contributed by atoms with E-state index in [2.05, 4.69) is 10.6 Å². The Bertz CT molecular complexity index is 1190. The van der Waals surface area contributed by atoms with Crippen molar-refractivity contribution in [2.75, 3.05) is 10.6 Å². The molecule has 0 aromatic heterocycles. The molecule has 0 bridgehead atoms. The summed E-state index contributed by atoms with van der Waals surface area (Å²) in [5.74, 6) is -1.33. The Kier molecular flexibility index (Phi) is 5.09. The summed E-state index contributed by atoms with van der Waals surface area (Å²) in [6, 6.07) is 22.0. The number of carboxylic acid groups (broad SMARTS) is 1. The Morgan fingerprint density at radius 1 is 0.968 bits per heavy atom. The molecule has 6 heteroatoms. The molecule has 3 aromatic carbocycles. The number of amides is 1. The van der Waals surface area contributed by atoms with Crippen molar-refractivity contribution < 1.29 is 14.7 Å². The second-order valence-electron chi connectivity index (χ2n) is 8.06. The first-order chi connectivity index (χ1) is 14.7. The van der Waals surface area contributed by atoms with E-state index in [1.807, 2.05) is 68.4 Å². The molecule has 6 nitrogen and oxygen atoms in total. The molecule has 156 valence electrons. The van der Waals surface area contributed by atoms with Crippen molar-refractivity contribution >= 4 is 34.5 Å². The van der Waals surface area contributed by atoms with Crippen LogP contribution in [0.2, 0.25) is 0 Å². The highest BCUT2D eigenvalue weighted by Gasteiger charge is 2.29. The lowest BCUT2D eigenvalue weighted by molar-refractivity contribution is -0.110. The van der Waals surface area contributed by atoms with Gasteiger partial charge in [-0.25, -0.2) is 4.79 Å². The molecule has 0 saturated heterocycles. The summed E-state index contributed by atoms with van der Waals surface area (Å²) < 4.78 is 0. The van der Waals surface area contributed by atoms with Crippen LogP contribution in [0.4, 0.5) is 11.4 Å². The fourth-order valence-electron chi connectivity index (χ4n) is 3.57. The number of anilines is 2. The van der Waals surface area contributed by atoms with Crippen molar-refractivity contribution in [3.8, 4) is 0 Å². The zero-order chi connectivity index (χ0) is 22.2. The molecule has 3 aromatic rings. The van der Waals surface area contributed by atoms with Crippen LogP contribution >= 0.6 is 0 Å². The van der Waals surface area contributed by atoms with Crippen molar-refractivity contribution in [2.45, 2.75) is 19.4 Å². The number of carbonyl (C=O) groups excluding carboxylic acids is 1. The van der Waals surface area contributed by atoms with Crippen LogP contribution in [-0.2, 0) is 10.3 Å². The summed E-state index contributed by atoms with van der Waals surface area (Å²) in [4.78, 5) is 24.2. The van der Waals surface area contributed by atoms with E-state index >= 15 is 0 Å². The van der Waals surface area contributed by atoms with E-state index in [9.17, 15) is 14.7 Å². The van der Waals surface area contributed by atoms with Gasteiger partial charge in [-0.05, 0) is 49.2 Å². The average molecular weight is 413 g/mol. The molecule has 1 aliphatic heterocycles. The van der Waals surface area contributed by atoms with Gasteiger partial charge in [0.1, 0.15) is 0 Å². The third-order valence-corrected chi connectivity index (χ3v) is 5.22. The lowest BCUT2D eigenvalue weighted by atomic mass is 9.95. The van der Waals surface area contributed by atoms with Crippen molar-refractivity contribution in [3.05, 3.63) is 95.1 Å². The lowest BCUT2D eigenvalue weighted by Gasteiger charge is -2.20. The predicted octanol–water partition coefficient (Wildman–Crippen LogP) is 4.51. The molecule has 0 atom stereocenters. The van der Waals surface area contributed by atoms with Crippen molar-refractivity contribution in [1.82, 2.24) is 0 Å². The summed E-state index contributed by atoms with van der Waals surface area (Å²) >= 11 is 0. The van der Waals surface area contributed by atoms with Crippen LogP contribution in [0.5, 0.6) is 0 Å². The third-order valence-electron chi connectivity index (χ3n) is 5.22. The van der Waals surface area contributed by atoms with Crippen LogP contribution in [0.1, 0.15) is 40.9 Å². The van der Waals surface area contributed by atoms with Gasteiger partial charge in [0.15, 0.2) is 0 Å². The maximum Gasteiger partial charge on any atom is 0.335 e. The summed E-state index contributed by atoms with van der Waals surface area (Å²) in [5.41, 5.74) is 10.7. The minimum atomic E-state index is -1.04. The number of carboxylic acids is 1. The van der Waals surface area contributed by atoms with E-state index in [0.29, 0.717) is 22.5 Å². The van der Waals surface area contributed by atoms with E-state index < -0.39 is 11.5 Å². The molecular formula is C25H23N3O3. The van der Waals surface area contributed by atoms with Crippen LogP contribution < -0.4 is 16.4 Å². The molecule has 31 heavy (non-hydrogen) atoms. The Labute approximate surface area is 180 Å². The number of hydrogen-bond donors (Lipinski definition) is 4. The second-order valence-corrected chi connectivity index (χ2v) is 8.06. The monoisotopic (exact) mass is 413 g/mol. The van der Waals surface area contributed by atoms with E-state index in [1.54, 1.807) is 6.07 Å². The van der Waals surface area contributed by atoms with Gasteiger partial charge in [0, 0.05) is 16.8 Å². The SMILES string of the molecule is CC(C)(N)c1ccc(N/C(=C2\C(=O)Nc3cc(C(=O)O)ccc32)c2ccccc2)cc1. The summed E-state index contributed by atoms with van der Waals surface area (Å²) in [6.07, 6.45) is 0. The van der Waals surface area contributed by atoms with Crippen molar-refractivity contribution in [1.29, 1.82) is 0 Å². The first-order valence-corrected chi connectivity index (χ1v) is 9.89. The van der Waals surface area contributed by atoms with Gasteiger partial charge in [-0.15, -0.1) is 0 Å². The smallest absolute Gasteiger partial charge is 0.335 e. The highest BCUT2D eigenvalue weighted by molar-refractivity contribution is 6.37. The van der Waals surface area contributed by atoms with Crippen LogP contribution in [0.25, 0.3) is 11.3 Å². The fourth-order valence-corrected chi connectivity index (χ4v) is 3.57. The molecule has 0 radical (unpaired) electrons. The number of benzene rings is 3. The molecule has 0 aliphatic carbocycles. The van der Waals surface area contributed by atoms with Gasteiger partial charge in [-0.1, -0.05) is 48.5 Å². The Hall–Kier alpha value is -3.90. The third kappa shape index (κ3) is 4.06. The van der Waals surface area contributed by atoms with Crippen LogP contribution in [-0.4, -0.2) is 17.0 Å². The standard InChI is InChI=1S/C25H23N3O3/c1-25(2,26)17-9-11-18(12-10-17)27-22(15-6-4-3-5-7-15)21-19-13-8-16(24(30)31)14-20(19)28-23(21)29/h3-14,27H,26H2,1-2H3,(H,28,29)(H,30,31)/b22-21-. The van der Waals surface area contributed by atoms with Gasteiger partial charge in [0.05, 0.1) is 22.5 Å². The molecule has 0 spiro atoms. The number of rotatable bonds is 5. The lowest BCUT2D eigenvalue weighted by Crippen LogP contribution is -2.28. The van der Waals surface area contributed by atoms with Crippen LogP contribution in [0, 0.1) is 0 Å². The first-order valence-electron chi connectivity index (χ1n) is 9.89. The number of fused-ring (bicyclic) bond motifs is 1. The number of nitrogens with one attached hydrogen (secondary N) is 2. The normalized spacial score (nSPS) is 14.6. The molecule has 0 fully saturated rings. The van der Waals surface area contributed by atoms with E-state index in [0.717, 1.165) is 16.8 Å². The Balaban J connectivity index is 1.83. The predicted molar refractivity (Wildman–Crippen MR) is 123 cm³/mol. The zero-order valence-electron chi connectivity index (χ0n) is 17.3. The van der Waals surface area contributed by atoms with Crippen LogP contribution in [0.15, 0.2) is 72.8 Å². The van der Waals surface area contributed by atoms with Crippen molar-refractivity contribution in [2.24, 2.45) is 5.73 Å². The average Bonchev–Trinajstić information content (AvgIpc) is 3.07.